The van der Waals surface area contributed by atoms with E-state index in [1.807, 2.05) is 0 Å². The van der Waals surface area contributed by atoms with Crippen LogP contribution in [0.4, 0.5) is 17.1 Å². The lowest BCUT2D eigenvalue weighted by atomic mass is 9.73. The van der Waals surface area contributed by atoms with Crippen LogP contribution in [-0.4, -0.2) is 0 Å². The van der Waals surface area contributed by atoms with Crippen molar-refractivity contribution >= 4 is 27.8 Å². The summed E-state index contributed by atoms with van der Waals surface area (Å²) in [4.78, 5) is 2.48. The molecule has 1 atom stereocenters. The summed E-state index contributed by atoms with van der Waals surface area (Å²) in [6.45, 7) is 9.60. The van der Waals surface area contributed by atoms with Crippen LogP contribution in [0.25, 0.3) is 55.3 Å². The number of rotatable bonds is 5. The quantitative estimate of drug-likeness (QED) is 0.168. The maximum absolute atomic E-state index is 2.49. The molecule has 0 saturated heterocycles. The Bertz CT molecular complexity index is 3230. The molecule has 3 aliphatic rings. The predicted molar refractivity (Wildman–Crippen MR) is 257 cm³/mol. The fourth-order valence-corrected chi connectivity index (χ4v) is 11.3. The van der Waals surface area contributed by atoms with Crippen LogP contribution in [0.3, 0.4) is 0 Å². The summed E-state index contributed by atoms with van der Waals surface area (Å²) in [7, 11) is 0. The molecule has 1 nitrogen and oxygen atoms in total. The molecule has 0 radical (unpaired) electrons. The van der Waals surface area contributed by atoms with Gasteiger partial charge in [-0.3, -0.25) is 0 Å². The van der Waals surface area contributed by atoms with Crippen molar-refractivity contribution < 1.29 is 0 Å². The Morgan fingerprint density at radius 2 is 0.934 bits per heavy atom. The van der Waals surface area contributed by atoms with Gasteiger partial charge in [-0.25, -0.2) is 0 Å². The molecule has 0 heterocycles. The van der Waals surface area contributed by atoms with Crippen LogP contribution in [-0.2, 0) is 17.3 Å². The number of nitrogens with zero attached hydrogens (tertiary/aromatic N) is 1. The normalized spacial score (nSPS) is 15.9. The standard InChI is InChI=1S/C60H47N/c1-59(2)54-22-12-11-20-49(54)50-32-30-44(36-56(50)59)61(43-28-26-39(27-29-43)41-25-24-38-14-5-6-15-40(38)34-41)45-31-33-52-57(37-45)60(3,4)55-23-13-21-51(58(52)55)53-35-42-16-7-8-17-46(42)47-18-9-10-19-48(47)53/h5-34,36-37,53H,35H2,1-4H3. The predicted octanol–water partition coefficient (Wildman–Crippen LogP) is 15.9. The second-order valence-corrected chi connectivity index (χ2v) is 18.5. The molecule has 0 N–H and O–H groups in total. The molecule has 0 aromatic heterocycles. The van der Waals surface area contributed by atoms with Gasteiger partial charge in [-0.2, -0.15) is 0 Å². The smallest absolute Gasteiger partial charge is 0.0465 e. The van der Waals surface area contributed by atoms with Crippen LogP contribution in [0.1, 0.15) is 72.6 Å². The van der Waals surface area contributed by atoms with Crippen LogP contribution in [0.2, 0.25) is 0 Å². The van der Waals surface area contributed by atoms with E-state index in [-0.39, 0.29) is 16.7 Å². The van der Waals surface area contributed by atoms with Crippen molar-refractivity contribution in [3.8, 4) is 44.5 Å². The van der Waals surface area contributed by atoms with Gasteiger partial charge >= 0.3 is 0 Å². The summed E-state index contributed by atoms with van der Waals surface area (Å²) in [6.07, 6.45) is 0.999. The Morgan fingerprint density at radius 3 is 1.74 bits per heavy atom. The molecule has 0 bridgehead atoms. The molecule has 0 spiro atoms. The second kappa shape index (κ2) is 13.3. The third kappa shape index (κ3) is 5.39. The molecule has 1 heteroatoms. The Balaban J connectivity index is 1.00. The van der Waals surface area contributed by atoms with Crippen molar-refractivity contribution in [2.45, 2.75) is 50.9 Å². The van der Waals surface area contributed by atoms with Gasteiger partial charge < -0.3 is 4.90 Å². The van der Waals surface area contributed by atoms with Crippen LogP contribution < -0.4 is 4.90 Å². The topological polar surface area (TPSA) is 3.24 Å². The second-order valence-electron chi connectivity index (χ2n) is 18.5. The third-order valence-electron chi connectivity index (χ3n) is 14.5. The van der Waals surface area contributed by atoms with E-state index in [0.29, 0.717) is 0 Å². The van der Waals surface area contributed by atoms with Gasteiger partial charge in [0.15, 0.2) is 0 Å². The van der Waals surface area contributed by atoms with Crippen LogP contribution >= 0.6 is 0 Å². The molecular weight excluding hydrogens is 735 g/mol. The molecule has 1 unspecified atom stereocenters. The molecule has 12 rings (SSSR count). The minimum atomic E-state index is -0.185. The summed E-state index contributed by atoms with van der Waals surface area (Å²) >= 11 is 0. The highest BCUT2D eigenvalue weighted by molar-refractivity contribution is 5.91. The van der Waals surface area contributed by atoms with Gasteiger partial charge in [0.2, 0.25) is 0 Å². The van der Waals surface area contributed by atoms with Gasteiger partial charge in [0.25, 0.3) is 0 Å². The van der Waals surface area contributed by atoms with Crippen molar-refractivity contribution in [3.05, 3.63) is 233 Å². The highest BCUT2D eigenvalue weighted by Crippen LogP contribution is 2.56. The summed E-state index contributed by atoms with van der Waals surface area (Å²) < 4.78 is 0. The summed E-state index contributed by atoms with van der Waals surface area (Å²) in [5.41, 5.74) is 23.7. The average Bonchev–Trinajstić information content (AvgIpc) is 3.68. The molecule has 292 valence electrons. The molecular formula is C60H47N. The van der Waals surface area contributed by atoms with E-state index in [2.05, 4.69) is 227 Å². The van der Waals surface area contributed by atoms with Crippen molar-refractivity contribution in [2.75, 3.05) is 4.90 Å². The summed E-state index contributed by atoms with van der Waals surface area (Å²) in [5, 5.41) is 2.52. The van der Waals surface area contributed by atoms with E-state index in [1.165, 1.54) is 106 Å². The largest absolute Gasteiger partial charge is 0.310 e. The number of hydrogen-bond acceptors (Lipinski definition) is 1. The first kappa shape index (κ1) is 35.9. The van der Waals surface area contributed by atoms with Gasteiger partial charge in [0.1, 0.15) is 0 Å². The number of benzene rings is 9. The van der Waals surface area contributed by atoms with Gasteiger partial charge in [-0.05, 0) is 143 Å². The number of hydrogen-bond donors (Lipinski definition) is 0. The molecule has 61 heavy (non-hydrogen) atoms. The Hall–Kier alpha value is -6.96. The first-order valence-corrected chi connectivity index (χ1v) is 21.8. The first-order chi connectivity index (χ1) is 29.8. The van der Waals surface area contributed by atoms with Crippen molar-refractivity contribution in [1.82, 2.24) is 0 Å². The Labute approximate surface area is 359 Å². The van der Waals surface area contributed by atoms with Crippen molar-refractivity contribution in [1.29, 1.82) is 0 Å². The summed E-state index contributed by atoms with van der Waals surface area (Å²) in [6, 6.07) is 73.1. The average molecular weight is 782 g/mol. The monoisotopic (exact) mass is 781 g/mol. The Morgan fingerprint density at radius 1 is 0.377 bits per heavy atom. The third-order valence-corrected chi connectivity index (χ3v) is 14.5. The van der Waals surface area contributed by atoms with Crippen molar-refractivity contribution in [2.24, 2.45) is 0 Å². The van der Waals surface area contributed by atoms with Gasteiger partial charge in [-0.15, -0.1) is 0 Å². The molecule has 0 saturated carbocycles. The molecule has 3 aliphatic carbocycles. The highest BCUT2D eigenvalue weighted by Gasteiger charge is 2.40. The zero-order valence-electron chi connectivity index (χ0n) is 35.2. The fraction of sp³-hybridized carbons (Fsp3) is 0.133. The zero-order chi connectivity index (χ0) is 41.0. The van der Waals surface area contributed by atoms with Crippen molar-refractivity contribution in [3.63, 3.8) is 0 Å². The maximum Gasteiger partial charge on any atom is 0.0465 e. The molecule has 0 fully saturated rings. The van der Waals surface area contributed by atoms with Crippen LogP contribution in [0.15, 0.2) is 194 Å². The number of fused-ring (bicyclic) bond motifs is 10. The first-order valence-electron chi connectivity index (χ1n) is 21.8. The lowest BCUT2D eigenvalue weighted by Crippen LogP contribution is -2.18. The van der Waals surface area contributed by atoms with Crippen LogP contribution in [0.5, 0.6) is 0 Å². The highest BCUT2D eigenvalue weighted by atomic mass is 15.1. The fourth-order valence-electron chi connectivity index (χ4n) is 11.3. The van der Waals surface area contributed by atoms with E-state index in [4.69, 9.17) is 0 Å². The Kier molecular flexibility index (Phi) is 7.82. The molecule has 9 aromatic rings. The minimum Gasteiger partial charge on any atom is -0.310 e. The van der Waals surface area contributed by atoms with Crippen LogP contribution in [0, 0.1) is 0 Å². The molecule has 9 aromatic carbocycles. The van der Waals surface area contributed by atoms with Gasteiger partial charge in [0, 0.05) is 33.8 Å². The molecule has 0 aliphatic heterocycles. The van der Waals surface area contributed by atoms with Gasteiger partial charge in [-0.1, -0.05) is 179 Å². The summed E-state index contributed by atoms with van der Waals surface area (Å²) in [5.74, 6) is 0.277. The van der Waals surface area contributed by atoms with Gasteiger partial charge in [0.05, 0.1) is 0 Å². The van der Waals surface area contributed by atoms with E-state index in [9.17, 15) is 0 Å². The van der Waals surface area contributed by atoms with E-state index >= 15 is 0 Å². The maximum atomic E-state index is 2.49. The van der Waals surface area contributed by atoms with E-state index in [0.717, 1.165) is 12.1 Å². The van der Waals surface area contributed by atoms with E-state index < -0.39 is 0 Å². The molecule has 0 amide bonds. The van der Waals surface area contributed by atoms with E-state index in [1.54, 1.807) is 0 Å². The minimum absolute atomic E-state index is 0.107. The number of anilines is 3. The lowest BCUT2D eigenvalue weighted by molar-refractivity contribution is 0.659. The lowest BCUT2D eigenvalue weighted by Gasteiger charge is -2.30. The zero-order valence-corrected chi connectivity index (χ0v) is 35.2. The SMILES string of the molecule is CC1(C)c2ccccc2-c2ccc(N(c3ccc(-c4ccc5ccccc5c4)cc3)c3ccc4c(c3)C(C)(C)c3cccc(C5Cc6ccccc6-c6ccccc65)c3-4)cc21.